The molecule has 15 heteroatoms. The van der Waals surface area contributed by atoms with Crippen molar-refractivity contribution in [3.8, 4) is 11.5 Å². The van der Waals surface area contributed by atoms with Crippen LogP contribution in [0.2, 0.25) is 16.6 Å². The predicted molar refractivity (Wildman–Crippen MR) is 308 cm³/mol. The summed E-state index contributed by atoms with van der Waals surface area (Å²) in [4.78, 5) is 70.5. The predicted octanol–water partition coefficient (Wildman–Crippen LogP) is 12.7. The molecule has 0 fully saturated rings. The third-order valence-corrected chi connectivity index (χ3v) is 21.7. The zero-order chi connectivity index (χ0) is 57.4. The topological polar surface area (TPSA) is 136 Å². The molecule has 0 spiro atoms. The Morgan fingerprint density at radius 3 is 1.32 bits per heavy atom. The number of nitrogens with zero attached hydrogens (tertiary/aromatic N) is 6. The van der Waals surface area contributed by atoms with Crippen molar-refractivity contribution in [2.75, 3.05) is 14.1 Å². The van der Waals surface area contributed by atoms with E-state index in [1.165, 1.54) is 24.3 Å². The number of carbonyl (C=O) groups excluding carboxylic acids is 4. The van der Waals surface area contributed by atoms with Crippen molar-refractivity contribution < 1.29 is 37.5 Å². The highest BCUT2D eigenvalue weighted by atomic mass is 28.4. The number of phenols is 1. The van der Waals surface area contributed by atoms with Crippen molar-refractivity contribution in [2.45, 2.75) is 176 Å². The second-order valence-electron chi connectivity index (χ2n) is 23.5. The summed E-state index contributed by atoms with van der Waals surface area (Å²) in [5.41, 5.74) is 9.46. The molecule has 4 amide bonds. The van der Waals surface area contributed by atoms with Crippen molar-refractivity contribution in [3.05, 3.63) is 140 Å². The van der Waals surface area contributed by atoms with Gasteiger partial charge in [-0.1, -0.05) is 65.8 Å². The molecule has 0 saturated carbocycles. The van der Waals surface area contributed by atoms with Crippen molar-refractivity contribution in [1.29, 1.82) is 0 Å². The van der Waals surface area contributed by atoms with Gasteiger partial charge in [0.05, 0.1) is 24.0 Å². The molecule has 0 atom stereocenters. The van der Waals surface area contributed by atoms with Crippen LogP contribution in [0.4, 0.5) is 8.78 Å². The van der Waals surface area contributed by atoms with Crippen LogP contribution in [-0.2, 0) is 48.4 Å². The minimum atomic E-state index is -2.48. The molecule has 6 aromatic rings. The van der Waals surface area contributed by atoms with Crippen LogP contribution in [-0.4, -0.2) is 105 Å². The summed E-state index contributed by atoms with van der Waals surface area (Å²) in [5.74, 6) is -0.523. The molecule has 8 rings (SSSR count). The van der Waals surface area contributed by atoms with Gasteiger partial charge in [0.25, 0.3) is 20.1 Å². The number of halogens is 2. The Morgan fingerprint density at radius 1 is 0.577 bits per heavy atom. The Kier molecular flexibility index (Phi) is 17.9. The monoisotopic (exact) mass is 1080 g/mol. The van der Waals surface area contributed by atoms with E-state index in [1.54, 1.807) is 47.3 Å². The number of fused-ring (bicyclic) bond motifs is 4. The van der Waals surface area contributed by atoms with Gasteiger partial charge in [-0.15, -0.1) is 0 Å². The smallest absolute Gasteiger partial charge is 0.258 e. The minimum Gasteiger partial charge on any atom is -0.541 e. The lowest BCUT2D eigenvalue weighted by atomic mass is 9.92. The highest BCUT2D eigenvalue weighted by Gasteiger charge is 2.49. The van der Waals surface area contributed by atoms with Gasteiger partial charge in [0.2, 0.25) is 11.8 Å². The maximum atomic E-state index is 13.9. The molecule has 416 valence electrons. The molecule has 2 aromatic heterocycles. The number of rotatable bonds is 17. The van der Waals surface area contributed by atoms with Crippen molar-refractivity contribution in [2.24, 2.45) is 0 Å². The number of pyridine rings is 2. The molecule has 78 heavy (non-hydrogen) atoms. The number of benzene rings is 4. The molecule has 1 N–H and O–H groups in total. The van der Waals surface area contributed by atoms with Crippen LogP contribution in [0.5, 0.6) is 11.5 Å². The third-order valence-electron chi connectivity index (χ3n) is 15.8. The lowest BCUT2D eigenvalue weighted by Gasteiger charge is -2.42. The van der Waals surface area contributed by atoms with Gasteiger partial charge in [0, 0.05) is 74.5 Å². The lowest BCUT2D eigenvalue weighted by Crippen LogP contribution is -2.51. The molecule has 0 aliphatic carbocycles. The Hall–Kier alpha value is -6.74. The molecular formula is C63H80F2N6O6Si. The maximum Gasteiger partial charge on any atom is 0.258 e. The Labute approximate surface area is 461 Å². The van der Waals surface area contributed by atoms with E-state index in [0.29, 0.717) is 75.9 Å². The van der Waals surface area contributed by atoms with Crippen LogP contribution >= 0.6 is 0 Å². The average molecular weight is 1080 g/mol. The van der Waals surface area contributed by atoms with Crippen LogP contribution in [0, 0.1) is 11.6 Å². The summed E-state index contributed by atoms with van der Waals surface area (Å²) in [7, 11) is 1.01. The molecule has 0 radical (unpaired) electrons. The Bertz CT molecular complexity index is 3190. The quantitative estimate of drug-likeness (QED) is 0.0892. The van der Waals surface area contributed by atoms with Crippen molar-refractivity contribution in [1.82, 2.24) is 29.6 Å². The maximum absolute atomic E-state index is 13.9. The molecule has 2 aliphatic heterocycles. The molecule has 2 aliphatic rings. The normalized spacial score (nSPS) is 13.6. The van der Waals surface area contributed by atoms with Gasteiger partial charge in [-0.3, -0.25) is 29.1 Å². The lowest BCUT2D eigenvalue weighted by molar-refractivity contribution is -0.134. The van der Waals surface area contributed by atoms with E-state index in [0.717, 1.165) is 44.3 Å². The highest BCUT2D eigenvalue weighted by molar-refractivity contribution is 6.78. The SMILES string of the molecule is CC(C)N(C(=O)Cc1c2c(c(O)c3ncc(Cc4ccc(F)cc4)cc13)C(=O)N(C)C2)C(C)C.CC(C)N(C(=O)Cc1c2c(c(O[Si](C(C)C)(C(C)C)C(C)C)c3ncc(Cc4ccc(F)cc4)cc13)C(=O)N(C)C2)C(C)C. The van der Waals surface area contributed by atoms with E-state index < -0.39 is 8.32 Å². The van der Waals surface area contributed by atoms with E-state index in [1.807, 2.05) is 84.5 Å². The first-order valence-electron chi connectivity index (χ1n) is 27.6. The van der Waals surface area contributed by atoms with E-state index in [9.17, 15) is 33.1 Å². The van der Waals surface area contributed by atoms with Crippen LogP contribution in [0.15, 0.2) is 73.1 Å². The van der Waals surface area contributed by atoms with E-state index in [-0.39, 0.29) is 83.6 Å². The third kappa shape index (κ3) is 11.7. The van der Waals surface area contributed by atoms with Crippen molar-refractivity contribution in [3.63, 3.8) is 0 Å². The number of hydrogen-bond acceptors (Lipinski definition) is 8. The molecular weight excluding hydrogens is 1000 g/mol. The molecule has 0 unspecified atom stereocenters. The van der Waals surface area contributed by atoms with Crippen molar-refractivity contribution >= 4 is 53.8 Å². The first kappa shape index (κ1) is 58.9. The number of aromatic nitrogens is 2. The Morgan fingerprint density at radius 2 is 0.936 bits per heavy atom. The van der Waals surface area contributed by atoms with E-state index in [2.05, 4.69) is 52.6 Å². The van der Waals surface area contributed by atoms with Crippen LogP contribution in [0.25, 0.3) is 21.8 Å². The van der Waals surface area contributed by atoms with Gasteiger partial charge in [0.1, 0.15) is 28.4 Å². The van der Waals surface area contributed by atoms with Gasteiger partial charge in [-0.05, 0) is 166 Å². The summed E-state index contributed by atoms with van der Waals surface area (Å²) in [6.45, 7) is 30.2. The fourth-order valence-corrected chi connectivity index (χ4v) is 17.8. The average Bonchev–Trinajstić information content (AvgIpc) is 3.90. The van der Waals surface area contributed by atoms with Gasteiger partial charge in [0.15, 0.2) is 5.75 Å². The number of hydrogen-bond donors (Lipinski definition) is 1. The molecule has 12 nitrogen and oxygen atoms in total. The Balaban J connectivity index is 0.000000233. The summed E-state index contributed by atoms with van der Waals surface area (Å²) in [6, 6.07) is 16.9. The number of carbonyl (C=O) groups is 4. The first-order chi connectivity index (χ1) is 36.7. The van der Waals surface area contributed by atoms with Gasteiger partial charge >= 0.3 is 0 Å². The highest BCUT2D eigenvalue weighted by Crippen LogP contribution is 2.48. The number of amides is 4. The summed E-state index contributed by atoms with van der Waals surface area (Å²) in [6.07, 6.45) is 4.85. The van der Waals surface area contributed by atoms with Gasteiger partial charge in [-0.2, -0.15) is 0 Å². The molecule has 4 heterocycles. The zero-order valence-corrected chi connectivity index (χ0v) is 49.6. The second-order valence-corrected chi connectivity index (χ2v) is 28.9. The first-order valence-corrected chi connectivity index (χ1v) is 29.7. The van der Waals surface area contributed by atoms with E-state index >= 15 is 0 Å². The molecule has 0 saturated heterocycles. The standard InChI is InChI=1S/C36H50FN3O3Si.C27H30FN3O3/c1-21(2)40(22(3)4)32(41)18-29-30-17-27(16-26-12-14-28(37)15-13-26)19-38-34(30)35(33-31(29)20-39(11)36(33)42)43-44(23(5)6,24(7)8)25(9)10;1-15(2)31(16(3)4)23(32)12-20-21-11-18(10-17-6-8-19(28)9-7-17)13-29-25(21)26(33)24-22(20)14-30(5)27(24)34/h12-15,17,19,21-25H,16,18,20H2,1-11H3;6-9,11,13,15-16,33H,10,12,14H2,1-5H3. The fourth-order valence-electron chi connectivity index (χ4n) is 12.5. The summed E-state index contributed by atoms with van der Waals surface area (Å²) < 4.78 is 34.3. The van der Waals surface area contributed by atoms with E-state index in [4.69, 9.17) is 9.41 Å². The number of aromatic hydroxyl groups is 1. The van der Waals surface area contributed by atoms with Gasteiger partial charge in [-0.25, -0.2) is 8.78 Å². The van der Waals surface area contributed by atoms with Crippen LogP contribution in [0.3, 0.4) is 0 Å². The summed E-state index contributed by atoms with van der Waals surface area (Å²) >= 11 is 0. The summed E-state index contributed by atoms with van der Waals surface area (Å²) in [5, 5.41) is 12.5. The van der Waals surface area contributed by atoms with Crippen LogP contribution < -0.4 is 4.43 Å². The van der Waals surface area contributed by atoms with Crippen LogP contribution in [0.1, 0.15) is 162 Å². The minimum absolute atomic E-state index is 0.0216. The zero-order valence-electron chi connectivity index (χ0n) is 48.6. The number of phenolic OH excluding ortho intramolecular Hbond substituents is 1. The largest absolute Gasteiger partial charge is 0.541 e. The fraction of sp³-hybridized carbons (Fsp3) is 0.460. The van der Waals surface area contributed by atoms with Gasteiger partial charge < -0.3 is 29.1 Å². The molecule has 0 bridgehead atoms. The molecule has 4 aromatic carbocycles. The second kappa shape index (κ2) is 23.7.